The smallest absolute Gasteiger partial charge is 0.255 e. The Hall–Kier alpha value is -2.40. The number of pyridine rings is 1. The molecule has 2 saturated heterocycles. The van der Waals surface area contributed by atoms with Crippen molar-refractivity contribution in [2.75, 3.05) is 37.7 Å². The molecule has 0 aliphatic carbocycles. The van der Waals surface area contributed by atoms with E-state index in [0.717, 1.165) is 57.7 Å². The first kappa shape index (κ1) is 18.0. The summed E-state index contributed by atoms with van der Waals surface area (Å²) in [5, 5.41) is 10.1. The molecule has 1 aromatic heterocycles. The van der Waals surface area contributed by atoms with Crippen molar-refractivity contribution in [2.45, 2.75) is 31.1 Å². The maximum absolute atomic E-state index is 12.5. The molecule has 2 aliphatic rings. The Morgan fingerprint density at radius 2 is 1.70 bits per heavy atom. The highest BCUT2D eigenvalue weighted by molar-refractivity contribution is 5.94. The van der Waals surface area contributed by atoms with Gasteiger partial charge < -0.3 is 14.9 Å². The van der Waals surface area contributed by atoms with Crippen LogP contribution in [0.1, 0.15) is 41.6 Å². The number of aromatic nitrogens is 1. The van der Waals surface area contributed by atoms with E-state index in [-0.39, 0.29) is 17.9 Å². The number of benzene rings is 1. The summed E-state index contributed by atoms with van der Waals surface area (Å²) >= 11 is 0. The second kappa shape index (κ2) is 7.69. The van der Waals surface area contributed by atoms with E-state index >= 15 is 0 Å². The molecule has 1 amide bonds. The van der Waals surface area contributed by atoms with Gasteiger partial charge in [0, 0.05) is 37.8 Å². The third-order valence-corrected chi connectivity index (χ3v) is 6.12. The van der Waals surface area contributed by atoms with Gasteiger partial charge in [0.15, 0.2) is 0 Å². The number of hydrogen-bond donors (Lipinski definition) is 1. The lowest BCUT2D eigenvalue weighted by Crippen LogP contribution is -2.45. The van der Waals surface area contributed by atoms with Crippen molar-refractivity contribution in [1.82, 2.24) is 9.88 Å². The van der Waals surface area contributed by atoms with E-state index in [1.807, 2.05) is 35.2 Å². The lowest BCUT2D eigenvalue weighted by molar-refractivity contribution is 0.0792. The number of hydrogen-bond acceptors (Lipinski definition) is 4. The molecule has 142 valence electrons. The summed E-state index contributed by atoms with van der Waals surface area (Å²) < 4.78 is 0. The zero-order valence-electron chi connectivity index (χ0n) is 15.7. The summed E-state index contributed by atoms with van der Waals surface area (Å²) in [5.41, 5.74) is 1.72. The summed E-state index contributed by atoms with van der Waals surface area (Å²) in [6, 6.07) is 14.2. The molecule has 0 bridgehead atoms. The Morgan fingerprint density at radius 1 is 1.00 bits per heavy atom. The molecule has 0 unspecified atom stereocenters. The van der Waals surface area contributed by atoms with Crippen molar-refractivity contribution in [1.29, 1.82) is 0 Å². The fourth-order valence-corrected chi connectivity index (χ4v) is 4.30. The second-order valence-electron chi connectivity index (χ2n) is 7.70. The number of nitrogens with zero attached hydrogens (tertiary/aromatic N) is 3. The minimum absolute atomic E-state index is 0.0913. The largest absolute Gasteiger partial charge is 0.395 e. The van der Waals surface area contributed by atoms with E-state index in [9.17, 15) is 9.90 Å². The quantitative estimate of drug-likeness (QED) is 0.905. The lowest BCUT2D eigenvalue weighted by atomic mass is 9.73. The standard InChI is InChI=1S/C22H27N3O2/c26-17-22(19-6-2-1-3-7-19)10-14-24(15-11-22)20-9-8-18(16-23-20)21(27)25-12-4-5-13-25/h1-3,6-9,16,26H,4-5,10-15,17H2. The van der Waals surface area contributed by atoms with Gasteiger partial charge in [-0.1, -0.05) is 30.3 Å². The van der Waals surface area contributed by atoms with E-state index in [1.54, 1.807) is 6.20 Å². The molecule has 0 spiro atoms. The molecule has 5 heteroatoms. The Balaban J connectivity index is 1.43. The molecule has 2 aromatic rings. The first-order valence-electron chi connectivity index (χ1n) is 9.88. The molecular formula is C22H27N3O2. The van der Waals surface area contributed by atoms with Gasteiger partial charge in [-0.05, 0) is 43.4 Å². The van der Waals surface area contributed by atoms with Crippen LogP contribution >= 0.6 is 0 Å². The molecule has 1 aromatic carbocycles. The van der Waals surface area contributed by atoms with E-state index in [0.29, 0.717) is 5.56 Å². The monoisotopic (exact) mass is 365 g/mol. The summed E-state index contributed by atoms with van der Waals surface area (Å²) in [7, 11) is 0. The Morgan fingerprint density at radius 3 is 2.30 bits per heavy atom. The van der Waals surface area contributed by atoms with Gasteiger partial charge in [0.25, 0.3) is 5.91 Å². The number of carbonyl (C=O) groups is 1. The Bertz CT molecular complexity index is 762. The average molecular weight is 365 g/mol. The maximum atomic E-state index is 12.5. The molecule has 0 saturated carbocycles. The zero-order chi connectivity index (χ0) is 18.7. The van der Waals surface area contributed by atoms with Gasteiger partial charge in [-0.3, -0.25) is 4.79 Å². The first-order valence-corrected chi connectivity index (χ1v) is 9.88. The van der Waals surface area contributed by atoms with Crippen molar-refractivity contribution in [3.63, 3.8) is 0 Å². The number of likely N-dealkylation sites (tertiary alicyclic amines) is 1. The molecule has 5 nitrogen and oxygen atoms in total. The maximum Gasteiger partial charge on any atom is 0.255 e. The molecule has 0 radical (unpaired) electrons. The SMILES string of the molecule is O=C(c1ccc(N2CCC(CO)(c3ccccc3)CC2)nc1)N1CCCC1. The van der Waals surface area contributed by atoms with Gasteiger partial charge in [-0.25, -0.2) is 4.98 Å². The summed E-state index contributed by atoms with van der Waals surface area (Å²) in [6.45, 7) is 3.58. The third-order valence-electron chi connectivity index (χ3n) is 6.12. The number of aliphatic hydroxyl groups excluding tert-OH is 1. The number of aliphatic hydroxyl groups is 1. The summed E-state index contributed by atoms with van der Waals surface area (Å²) in [4.78, 5) is 21.2. The molecule has 3 heterocycles. The molecule has 27 heavy (non-hydrogen) atoms. The fourth-order valence-electron chi connectivity index (χ4n) is 4.30. The Labute approximate surface area is 160 Å². The van der Waals surface area contributed by atoms with Crippen LogP contribution in [0.15, 0.2) is 48.7 Å². The van der Waals surface area contributed by atoms with Crippen molar-refractivity contribution in [2.24, 2.45) is 0 Å². The van der Waals surface area contributed by atoms with Gasteiger partial charge in [-0.15, -0.1) is 0 Å². The average Bonchev–Trinajstić information content (AvgIpc) is 3.29. The van der Waals surface area contributed by atoms with Crippen molar-refractivity contribution in [3.05, 3.63) is 59.8 Å². The van der Waals surface area contributed by atoms with Crippen LogP contribution in [0.2, 0.25) is 0 Å². The van der Waals surface area contributed by atoms with Crippen molar-refractivity contribution in [3.8, 4) is 0 Å². The predicted octanol–water partition coefficient (Wildman–Crippen LogP) is 2.85. The van der Waals surface area contributed by atoms with Crippen molar-refractivity contribution >= 4 is 11.7 Å². The number of carbonyl (C=O) groups excluding carboxylic acids is 1. The van der Waals surface area contributed by atoms with Crippen LogP contribution < -0.4 is 4.90 Å². The van der Waals surface area contributed by atoms with E-state index in [2.05, 4.69) is 22.0 Å². The summed E-state index contributed by atoms with van der Waals surface area (Å²) in [5.74, 6) is 1.00. The number of anilines is 1. The predicted molar refractivity (Wildman–Crippen MR) is 106 cm³/mol. The van der Waals surface area contributed by atoms with Gasteiger partial charge in [0.1, 0.15) is 5.82 Å². The van der Waals surface area contributed by atoms with E-state index in [4.69, 9.17) is 0 Å². The highest BCUT2D eigenvalue weighted by Crippen LogP contribution is 2.36. The van der Waals surface area contributed by atoms with E-state index < -0.39 is 0 Å². The molecule has 1 N–H and O–H groups in total. The van der Waals surface area contributed by atoms with Crippen LogP contribution in [-0.4, -0.2) is 53.7 Å². The van der Waals surface area contributed by atoms with E-state index in [1.165, 1.54) is 5.56 Å². The molecule has 0 atom stereocenters. The highest BCUT2D eigenvalue weighted by Gasteiger charge is 2.36. The second-order valence-corrected chi connectivity index (χ2v) is 7.70. The molecule has 2 fully saturated rings. The van der Waals surface area contributed by atoms with Crippen molar-refractivity contribution < 1.29 is 9.90 Å². The topological polar surface area (TPSA) is 56.7 Å². The third kappa shape index (κ3) is 3.56. The van der Waals surface area contributed by atoms with Gasteiger partial charge in [0.05, 0.1) is 12.2 Å². The molecule has 2 aliphatic heterocycles. The number of amides is 1. The van der Waals surface area contributed by atoms with Crippen LogP contribution in [0, 0.1) is 0 Å². The van der Waals surface area contributed by atoms with Crippen LogP contribution in [0.25, 0.3) is 0 Å². The number of rotatable bonds is 4. The highest BCUT2D eigenvalue weighted by atomic mass is 16.3. The Kier molecular flexibility index (Phi) is 5.12. The van der Waals surface area contributed by atoms with Crippen LogP contribution in [0.3, 0.4) is 0 Å². The first-order chi connectivity index (χ1) is 13.2. The van der Waals surface area contributed by atoms with Crippen LogP contribution in [0.4, 0.5) is 5.82 Å². The van der Waals surface area contributed by atoms with Gasteiger partial charge >= 0.3 is 0 Å². The van der Waals surface area contributed by atoms with Crippen LogP contribution in [-0.2, 0) is 5.41 Å². The van der Waals surface area contributed by atoms with Gasteiger partial charge in [-0.2, -0.15) is 0 Å². The summed E-state index contributed by atoms with van der Waals surface area (Å²) in [6.07, 6.45) is 5.69. The molecular weight excluding hydrogens is 338 g/mol. The number of piperidine rings is 1. The fraction of sp³-hybridized carbons (Fsp3) is 0.455. The molecule has 4 rings (SSSR count). The minimum Gasteiger partial charge on any atom is -0.395 e. The minimum atomic E-state index is -0.163. The normalized spacial score (nSPS) is 19.3. The zero-order valence-corrected chi connectivity index (χ0v) is 15.7. The lowest BCUT2D eigenvalue weighted by Gasteiger charge is -2.41. The van der Waals surface area contributed by atoms with Crippen LogP contribution in [0.5, 0.6) is 0 Å². The van der Waals surface area contributed by atoms with Gasteiger partial charge in [0.2, 0.25) is 0 Å².